The molecule has 1 saturated heterocycles. The Bertz CT molecular complexity index is 754. The molecule has 0 atom stereocenters. The summed E-state index contributed by atoms with van der Waals surface area (Å²) in [5.41, 5.74) is 1.54. The molecule has 1 aromatic heterocycles. The first-order valence-corrected chi connectivity index (χ1v) is 7.99. The summed E-state index contributed by atoms with van der Waals surface area (Å²) in [5, 5.41) is 9.21. The molecule has 0 aliphatic carbocycles. The number of rotatable bonds is 4. The van der Waals surface area contributed by atoms with Gasteiger partial charge in [0.2, 0.25) is 0 Å². The third-order valence-corrected chi connectivity index (χ3v) is 4.25. The van der Waals surface area contributed by atoms with Crippen molar-refractivity contribution in [1.29, 1.82) is 5.26 Å². The van der Waals surface area contributed by atoms with Crippen LogP contribution in [-0.4, -0.2) is 46.8 Å². The highest BCUT2D eigenvalue weighted by Crippen LogP contribution is 2.22. The first kappa shape index (κ1) is 17.3. The summed E-state index contributed by atoms with van der Waals surface area (Å²) >= 11 is 0. The lowest BCUT2D eigenvalue weighted by atomic mass is 10.1. The largest absolute Gasteiger partial charge is 0.406 e. The molecular formula is C17H18F3N5. The number of alkyl halides is 3. The molecule has 1 fully saturated rings. The van der Waals surface area contributed by atoms with E-state index in [0.29, 0.717) is 31.0 Å². The van der Waals surface area contributed by atoms with Crippen LogP contribution in [0.2, 0.25) is 0 Å². The number of hydrogen-bond donors (Lipinski definition) is 0. The first-order chi connectivity index (χ1) is 12.0. The number of halogens is 3. The average Bonchev–Trinajstić information content (AvgIpc) is 3.00. The number of benzene rings is 1. The number of hydrogen-bond acceptors (Lipinski definition) is 4. The van der Waals surface area contributed by atoms with E-state index in [1.54, 1.807) is 6.07 Å². The highest BCUT2D eigenvalue weighted by molar-refractivity contribution is 5.59. The van der Waals surface area contributed by atoms with Crippen LogP contribution in [-0.2, 0) is 13.1 Å². The van der Waals surface area contributed by atoms with Gasteiger partial charge in [-0.1, -0.05) is 12.1 Å². The Labute approximate surface area is 143 Å². The van der Waals surface area contributed by atoms with Gasteiger partial charge in [-0.05, 0) is 12.1 Å². The summed E-state index contributed by atoms with van der Waals surface area (Å²) in [4.78, 5) is 8.28. The van der Waals surface area contributed by atoms with Gasteiger partial charge in [-0.2, -0.15) is 18.4 Å². The Morgan fingerprint density at radius 3 is 2.52 bits per heavy atom. The molecule has 25 heavy (non-hydrogen) atoms. The maximum atomic E-state index is 12.6. The van der Waals surface area contributed by atoms with E-state index in [1.807, 2.05) is 18.2 Å². The molecule has 0 unspecified atom stereocenters. The normalized spacial score (nSPS) is 16.0. The number of nitrogens with zero attached hydrogens (tertiary/aromatic N) is 5. The number of para-hydroxylation sites is 1. The number of aromatic nitrogens is 2. The third-order valence-electron chi connectivity index (χ3n) is 4.25. The van der Waals surface area contributed by atoms with Crippen molar-refractivity contribution in [2.24, 2.45) is 0 Å². The monoisotopic (exact) mass is 349 g/mol. The van der Waals surface area contributed by atoms with E-state index in [4.69, 9.17) is 0 Å². The van der Waals surface area contributed by atoms with Crippen LogP contribution in [0, 0.1) is 11.3 Å². The molecule has 2 aromatic rings. The van der Waals surface area contributed by atoms with Gasteiger partial charge in [0.15, 0.2) is 0 Å². The van der Waals surface area contributed by atoms with Crippen LogP contribution in [0.4, 0.5) is 18.9 Å². The fraction of sp³-hybridized carbons (Fsp3) is 0.412. The first-order valence-electron chi connectivity index (χ1n) is 7.99. The second kappa shape index (κ2) is 7.15. The maximum absolute atomic E-state index is 12.6. The smallest absolute Gasteiger partial charge is 0.368 e. The topological polar surface area (TPSA) is 48.1 Å². The van der Waals surface area contributed by atoms with E-state index in [0.717, 1.165) is 23.3 Å². The van der Waals surface area contributed by atoms with Crippen LogP contribution in [0.5, 0.6) is 0 Å². The van der Waals surface area contributed by atoms with Crippen molar-refractivity contribution in [3.05, 3.63) is 48.0 Å². The molecule has 0 radical (unpaired) electrons. The minimum Gasteiger partial charge on any atom is -0.368 e. The maximum Gasteiger partial charge on any atom is 0.406 e. The van der Waals surface area contributed by atoms with Crippen molar-refractivity contribution in [3.8, 4) is 6.07 Å². The fourth-order valence-corrected chi connectivity index (χ4v) is 3.02. The molecule has 0 saturated carbocycles. The minimum absolute atomic E-state index is 0.386. The summed E-state index contributed by atoms with van der Waals surface area (Å²) < 4.78 is 38.9. The van der Waals surface area contributed by atoms with Gasteiger partial charge in [-0.3, -0.25) is 4.90 Å². The van der Waals surface area contributed by atoms with E-state index < -0.39 is 12.7 Å². The third kappa shape index (κ3) is 4.31. The summed E-state index contributed by atoms with van der Waals surface area (Å²) in [6, 6.07) is 9.63. The predicted molar refractivity (Wildman–Crippen MR) is 86.9 cm³/mol. The fourth-order valence-electron chi connectivity index (χ4n) is 3.02. The van der Waals surface area contributed by atoms with Crippen molar-refractivity contribution in [2.45, 2.75) is 19.3 Å². The number of imidazole rings is 1. The van der Waals surface area contributed by atoms with Crippen molar-refractivity contribution < 1.29 is 13.2 Å². The summed E-state index contributed by atoms with van der Waals surface area (Å²) in [6.45, 7) is 2.23. The van der Waals surface area contributed by atoms with Gasteiger partial charge >= 0.3 is 6.18 Å². The van der Waals surface area contributed by atoms with Crippen LogP contribution < -0.4 is 4.90 Å². The zero-order chi connectivity index (χ0) is 17.9. The SMILES string of the molecule is N#Cc1ccccc1N1CCN(Cc2nccn2CC(F)(F)F)CC1. The molecule has 0 spiro atoms. The van der Waals surface area contributed by atoms with E-state index in [2.05, 4.69) is 20.9 Å². The molecular weight excluding hydrogens is 331 g/mol. The summed E-state index contributed by atoms with van der Waals surface area (Å²) in [6.07, 6.45) is -1.49. The predicted octanol–water partition coefficient (Wildman–Crippen LogP) is 2.64. The Balaban J connectivity index is 1.61. The lowest BCUT2D eigenvalue weighted by Crippen LogP contribution is -2.46. The van der Waals surface area contributed by atoms with Crippen LogP contribution in [0.3, 0.4) is 0 Å². The Hall–Kier alpha value is -2.53. The molecule has 1 aliphatic rings. The Kier molecular flexibility index (Phi) is 4.95. The standard InChI is InChI=1S/C17H18F3N5/c18-17(19,20)13-25-6-5-22-16(25)12-23-7-9-24(10-8-23)15-4-2-1-3-14(15)11-21/h1-6H,7-10,12-13H2. The van der Waals surface area contributed by atoms with E-state index in [-0.39, 0.29) is 0 Å². The van der Waals surface area contributed by atoms with Crippen molar-refractivity contribution in [1.82, 2.24) is 14.5 Å². The molecule has 0 amide bonds. The van der Waals surface area contributed by atoms with Gasteiger partial charge in [-0.25, -0.2) is 4.98 Å². The van der Waals surface area contributed by atoms with Crippen LogP contribution in [0.15, 0.2) is 36.7 Å². The zero-order valence-corrected chi connectivity index (χ0v) is 13.6. The molecule has 1 aliphatic heterocycles. The van der Waals surface area contributed by atoms with Crippen molar-refractivity contribution in [3.63, 3.8) is 0 Å². The molecule has 0 N–H and O–H groups in total. The number of nitriles is 1. The van der Waals surface area contributed by atoms with Crippen LogP contribution >= 0.6 is 0 Å². The second-order valence-corrected chi connectivity index (χ2v) is 5.98. The molecule has 3 rings (SSSR count). The molecule has 132 valence electrons. The molecule has 0 bridgehead atoms. The molecule has 5 nitrogen and oxygen atoms in total. The number of anilines is 1. The van der Waals surface area contributed by atoms with Crippen LogP contribution in [0.25, 0.3) is 0 Å². The van der Waals surface area contributed by atoms with Gasteiger partial charge in [0.05, 0.1) is 17.8 Å². The highest BCUT2D eigenvalue weighted by atomic mass is 19.4. The average molecular weight is 349 g/mol. The van der Waals surface area contributed by atoms with Gasteiger partial charge in [-0.15, -0.1) is 0 Å². The number of piperazine rings is 1. The van der Waals surface area contributed by atoms with E-state index in [9.17, 15) is 18.4 Å². The molecule has 8 heteroatoms. The van der Waals surface area contributed by atoms with E-state index >= 15 is 0 Å². The zero-order valence-electron chi connectivity index (χ0n) is 13.6. The van der Waals surface area contributed by atoms with Gasteiger partial charge in [0.25, 0.3) is 0 Å². The second-order valence-electron chi connectivity index (χ2n) is 5.98. The Morgan fingerprint density at radius 2 is 1.84 bits per heavy atom. The van der Waals surface area contributed by atoms with Crippen LogP contribution in [0.1, 0.15) is 11.4 Å². The quantitative estimate of drug-likeness (QED) is 0.851. The Morgan fingerprint density at radius 1 is 1.12 bits per heavy atom. The molecule has 1 aromatic carbocycles. The van der Waals surface area contributed by atoms with Gasteiger partial charge < -0.3 is 9.47 Å². The van der Waals surface area contributed by atoms with E-state index in [1.165, 1.54) is 12.4 Å². The highest BCUT2D eigenvalue weighted by Gasteiger charge is 2.29. The summed E-state index contributed by atoms with van der Waals surface area (Å²) in [7, 11) is 0. The van der Waals surface area contributed by atoms with Crippen molar-refractivity contribution >= 4 is 5.69 Å². The van der Waals surface area contributed by atoms with Gasteiger partial charge in [0.1, 0.15) is 18.4 Å². The van der Waals surface area contributed by atoms with Gasteiger partial charge in [0, 0.05) is 38.6 Å². The minimum atomic E-state index is -4.25. The lowest BCUT2D eigenvalue weighted by molar-refractivity contribution is -0.141. The summed E-state index contributed by atoms with van der Waals surface area (Å²) in [5.74, 6) is 0.420. The lowest BCUT2D eigenvalue weighted by Gasteiger charge is -2.36. The molecule has 2 heterocycles. The van der Waals surface area contributed by atoms with Crippen molar-refractivity contribution in [2.75, 3.05) is 31.1 Å².